The van der Waals surface area contributed by atoms with E-state index in [0.29, 0.717) is 23.5 Å². The number of hydrogen-bond acceptors (Lipinski definition) is 4. The third-order valence-electron chi connectivity index (χ3n) is 7.99. The second-order valence-electron chi connectivity index (χ2n) is 11.2. The number of aryl methyl sites for hydroxylation is 1. The van der Waals surface area contributed by atoms with Gasteiger partial charge in [0.15, 0.2) is 0 Å². The first-order chi connectivity index (χ1) is 19.6. The summed E-state index contributed by atoms with van der Waals surface area (Å²) < 4.78 is 6.67. The van der Waals surface area contributed by atoms with Crippen molar-refractivity contribution < 1.29 is 14.6 Å². The number of amides is 1. The molecule has 1 aromatic heterocycles. The highest BCUT2D eigenvalue weighted by Gasteiger charge is 2.32. The zero-order valence-corrected chi connectivity index (χ0v) is 29.2. The average molecular weight is 654 g/mol. The number of methoxy groups -OCH3 is 1. The summed E-state index contributed by atoms with van der Waals surface area (Å²) >= 11 is 10.1. The Morgan fingerprint density at radius 1 is 1.22 bits per heavy atom. The number of hydrogen-bond donors (Lipinski definition) is 2. The van der Waals surface area contributed by atoms with Gasteiger partial charge in [-0.1, -0.05) is 79.1 Å². The molecule has 0 radical (unpaired) electrons. The van der Waals surface area contributed by atoms with Crippen molar-refractivity contribution in [1.82, 2.24) is 10.3 Å². The van der Waals surface area contributed by atoms with Crippen LogP contribution in [0.2, 0.25) is 5.02 Å². The molecule has 2 aromatic rings. The Kier molecular flexibility index (Phi) is 17.2. The maximum absolute atomic E-state index is 12.4. The van der Waals surface area contributed by atoms with Crippen molar-refractivity contribution in [3.8, 4) is 17.1 Å². The van der Waals surface area contributed by atoms with E-state index in [1.54, 1.807) is 7.11 Å². The van der Waals surface area contributed by atoms with Crippen LogP contribution in [0.4, 0.5) is 0 Å². The van der Waals surface area contributed by atoms with Crippen LogP contribution in [0.25, 0.3) is 11.3 Å². The van der Waals surface area contributed by atoms with Crippen LogP contribution in [0.1, 0.15) is 117 Å². The van der Waals surface area contributed by atoms with E-state index in [1.807, 2.05) is 52.8 Å². The number of aliphatic hydroxyl groups is 1. The molecule has 0 aliphatic heterocycles. The van der Waals surface area contributed by atoms with Crippen LogP contribution in [0.15, 0.2) is 28.7 Å². The molecule has 5 nitrogen and oxygen atoms in total. The molecule has 3 rings (SSSR count). The Morgan fingerprint density at radius 2 is 1.85 bits per heavy atom. The van der Waals surface area contributed by atoms with Crippen LogP contribution in [0.5, 0.6) is 5.88 Å². The fourth-order valence-corrected chi connectivity index (χ4v) is 5.89. The lowest BCUT2D eigenvalue weighted by atomic mass is 9.81. The van der Waals surface area contributed by atoms with Gasteiger partial charge in [-0.05, 0) is 96.8 Å². The van der Waals surface area contributed by atoms with Gasteiger partial charge in [-0.15, -0.1) is 0 Å². The number of nitrogens with one attached hydrogen (secondary N) is 1. The smallest absolute Gasteiger partial charge is 0.222 e. The summed E-state index contributed by atoms with van der Waals surface area (Å²) in [7, 11) is 1.71. The molecule has 2 atom stereocenters. The zero-order chi connectivity index (χ0) is 31.2. The summed E-state index contributed by atoms with van der Waals surface area (Å²) in [5.41, 5.74) is 4.25. The van der Waals surface area contributed by atoms with E-state index in [4.69, 9.17) is 26.4 Å². The molecule has 1 amide bonds. The van der Waals surface area contributed by atoms with Crippen molar-refractivity contribution in [3.05, 3.63) is 44.9 Å². The number of ether oxygens (including phenoxy) is 1. The topological polar surface area (TPSA) is 71.5 Å². The van der Waals surface area contributed by atoms with Crippen LogP contribution >= 0.6 is 27.5 Å². The van der Waals surface area contributed by atoms with E-state index in [1.165, 1.54) is 11.1 Å². The summed E-state index contributed by atoms with van der Waals surface area (Å²) in [5.74, 6) is 1.88. The molecule has 0 saturated heterocycles. The fraction of sp³-hybridized carbons (Fsp3) is 0.647. The lowest BCUT2D eigenvalue weighted by molar-refractivity contribution is -0.126. The molecule has 0 bridgehead atoms. The number of nitrogens with zero attached hydrogens (tertiary/aromatic N) is 1. The van der Waals surface area contributed by atoms with Crippen LogP contribution in [-0.2, 0) is 11.2 Å². The number of rotatable bonds is 12. The van der Waals surface area contributed by atoms with E-state index in [2.05, 4.69) is 48.1 Å². The highest BCUT2D eigenvalue weighted by atomic mass is 79.9. The quantitative estimate of drug-likeness (QED) is 0.239. The van der Waals surface area contributed by atoms with E-state index in [0.717, 1.165) is 73.0 Å². The first kappa shape index (κ1) is 37.4. The summed E-state index contributed by atoms with van der Waals surface area (Å²) in [6.07, 6.45) is 8.14. The normalized spacial score (nSPS) is 14.8. The summed E-state index contributed by atoms with van der Waals surface area (Å²) in [6, 6.07) is 8.11. The van der Waals surface area contributed by atoms with Crippen molar-refractivity contribution in [1.29, 1.82) is 0 Å². The SMILES string of the molecule is CC.CCC(CC)(CC[C@H](C)C[C@@H]1CCc2cc(-c3cccc(Br)c3Cl)nc(OC)c21)NC(=O)C(C)C.CCCO. The van der Waals surface area contributed by atoms with E-state index < -0.39 is 0 Å². The predicted molar refractivity (Wildman–Crippen MR) is 178 cm³/mol. The largest absolute Gasteiger partial charge is 0.481 e. The van der Waals surface area contributed by atoms with Gasteiger partial charge >= 0.3 is 0 Å². The van der Waals surface area contributed by atoms with Gasteiger partial charge in [-0.25, -0.2) is 4.98 Å². The molecule has 1 heterocycles. The second-order valence-corrected chi connectivity index (χ2v) is 12.4. The number of carbonyl (C=O) groups excluding carboxylic acids is 1. The molecule has 0 unspecified atom stereocenters. The molecule has 0 spiro atoms. The molecule has 1 aliphatic rings. The van der Waals surface area contributed by atoms with Crippen molar-refractivity contribution in [2.24, 2.45) is 11.8 Å². The molecule has 232 valence electrons. The Bertz CT molecular complexity index is 1070. The minimum Gasteiger partial charge on any atom is -0.481 e. The van der Waals surface area contributed by atoms with Crippen LogP contribution in [0.3, 0.4) is 0 Å². The van der Waals surface area contributed by atoms with Crippen LogP contribution < -0.4 is 10.1 Å². The van der Waals surface area contributed by atoms with E-state index in [9.17, 15) is 4.79 Å². The second kappa shape index (κ2) is 18.8. The first-order valence-electron chi connectivity index (χ1n) is 15.5. The lowest BCUT2D eigenvalue weighted by Crippen LogP contribution is -2.49. The lowest BCUT2D eigenvalue weighted by Gasteiger charge is -2.35. The standard InChI is InChI=1S/C29H40BrClN2O2.C3H8O.C2H6/c1-7-29(8-2,33-27(34)18(3)4)15-14-19(5)16-20-12-13-21-17-24(32-28(35-6)25(20)21)22-10-9-11-23(30)26(22)31;1-2-3-4;1-2/h9-11,17-20H,7-8,12-16H2,1-6H3,(H,33,34);4H,2-3H2,1H3;1-2H3/t19-,20-;;/m0../s1. The summed E-state index contributed by atoms with van der Waals surface area (Å²) in [6.45, 7) is 16.9. The van der Waals surface area contributed by atoms with Crippen LogP contribution in [-0.4, -0.2) is 35.3 Å². The van der Waals surface area contributed by atoms with Crippen molar-refractivity contribution in [3.63, 3.8) is 0 Å². The first-order valence-corrected chi connectivity index (χ1v) is 16.7. The zero-order valence-electron chi connectivity index (χ0n) is 26.9. The molecule has 41 heavy (non-hydrogen) atoms. The Morgan fingerprint density at radius 3 is 2.39 bits per heavy atom. The summed E-state index contributed by atoms with van der Waals surface area (Å²) in [4.78, 5) is 17.3. The van der Waals surface area contributed by atoms with Gasteiger partial charge in [0.25, 0.3) is 0 Å². The molecule has 1 aliphatic carbocycles. The van der Waals surface area contributed by atoms with Crippen molar-refractivity contribution >= 4 is 33.4 Å². The fourth-order valence-electron chi connectivity index (χ4n) is 5.31. The van der Waals surface area contributed by atoms with Gasteiger partial charge in [0.2, 0.25) is 11.8 Å². The molecule has 0 fully saturated rings. The van der Waals surface area contributed by atoms with E-state index in [-0.39, 0.29) is 17.4 Å². The van der Waals surface area contributed by atoms with Gasteiger partial charge in [0.05, 0.1) is 17.8 Å². The minimum absolute atomic E-state index is 0.0108. The molecule has 0 saturated carbocycles. The Labute approximate surface area is 263 Å². The summed E-state index contributed by atoms with van der Waals surface area (Å²) in [5, 5.41) is 11.9. The van der Waals surface area contributed by atoms with Crippen LogP contribution in [0, 0.1) is 11.8 Å². The average Bonchev–Trinajstić information content (AvgIpc) is 3.39. The Balaban J connectivity index is 0.00000129. The van der Waals surface area contributed by atoms with Crippen molar-refractivity contribution in [2.75, 3.05) is 13.7 Å². The monoisotopic (exact) mass is 652 g/mol. The number of aromatic nitrogens is 1. The highest BCUT2D eigenvalue weighted by molar-refractivity contribution is 9.10. The van der Waals surface area contributed by atoms with Gasteiger partial charge in [-0.2, -0.15) is 0 Å². The number of carbonyl (C=O) groups is 1. The predicted octanol–water partition coefficient (Wildman–Crippen LogP) is 9.76. The Hall–Kier alpha value is -1.63. The molecule has 1 aromatic carbocycles. The van der Waals surface area contributed by atoms with Gasteiger partial charge < -0.3 is 15.2 Å². The number of pyridine rings is 1. The van der Waals surface area contributed by atoms with Gasteiger partial charge in [0, 0.05) is 33.7 Å². The number of benzene rings is 1. The third kappa shape index (κ3) is 10.5. The third-order valence-corrected chi connectivity index (χ3v) is 9.29. The number of halogens is 2. The minimum atomic E-state index is -0.111. The molecule has 2 N–H and O–H groups in total. The van der Waals surface area contributed by atoms with Crippen molar-refractivity contribution in [2.45, 2.75) is 118 Å². The maximum Gasteiger partial charge on any atom is 0.222 e. The number of aliphatic hydroxyl groups excluding tert-OH is 1. The molecular formula is C34H54BrClN2O3. The van der Waals surface area contributed by atoms with E-state index >= 15 is 0 Å². The molecular weight excluding hydrogens is 600 g/mol. The van der Waals surface area contributed by atoms with Gasteiger partial charge in [-0.3, -0.25) is 4.79 Å². The number of fused-ring (bicyclic) bond motifs is 1. The molecule has 7 heteroatoms. The highest BCUT2D eigenvalue weighted by Crippen LogP contribution is 2.45. The maximum atomic E-state index is 12.4. The van der Waals surface area contributed by atoms with Gasteiger partial charge in [0.1, 0.15) is 0 Å².